The molecule has 13 heavy (non-hydrogen) atoms. The van der Waals surface area contributed by atoms with E-state index in [4.69, 9.17) is 0 Å². The summed E-state index contributed by atoms with van der Waals surface area (Å²) in [6, 6.07) is 2.02. The normalized spacial score (nSPS) is 13.2. The van der Waals surface area contributed by atoms with Crippen molar-refractivity contribution < 1.29 is 4.79 Å². The third kappa shape index (κ3) is 2.96. The van der Waals surface area contributed by atoms with Crippen molar-refractivity contribution in [1.82, 2.24) is 0 Å². The number of carbonyl (C=O) groups excluding carboxylic acids is 1. The van der Waals surface area contributed by atoms with Crippen LogP contribution in [0.5, 0.6) is 0 Å². The van der Waals surface area contributed by atoms with E-state index in [1.807, 2.05) is 23.8 Å². The van der Waals surface area contributed by atoms with E-state index in [9.17, 15) is 4.79 Å². The molecule has 72 valence electrons. The van der Waals surface area contributed by atoms with Crippen LogP contribution in [0.4, 0.5) is 0 Å². The van der Waals surface area contributed by atoms with Crippen LogP contribution in [-0.2, 0) is 11.2 Å². The smallest absolute Gasteiger partial charge is 0.140 e. The first-order valence-electron chi connectivity index (χ1n) is 4.65. The lowest BCUT2D eigenvalue weighted by Gasteiger charge is -2.13. The fourth-order valence-electron chi connectivity index (χ4n) is 1.13. The molecule has 1 aromatic rings. The first-order valence-corrected chi connectivity index (χ1v) is 5.59. The average Bonchev–Trinajstić information content (AvgIpc) is 2.55. The van der Waals surface area contributed by atoms with Crippen molar-refractivity contribution in [2.75, 3.05) is 0 Å². The zero-order valence-corrected chi connectivity index (χ0v) is 9.23. The fraction of sp³-hybridized carbons (Fsp3) is 0.545. The zero-order chi connectivity index (χ0) is 9.84. The van der Waals surface area contributed by atoms with Gasteiger partial charge in [-0.25, -0.2) is 0 Å². The molecule has 0 N–H and O–H groups in total. The van der Waals surface area contributed by atoms with Crippen LogP contribution in [0.3, 0.4) is 0 Å². The van der Waals surface area contributed by atoms with Gasteiger partial charge in [-0.2, -0.15) is 11.3 Å². The van der Waals surface area contributed by atoms with Crippen LogP contribution in [0, 0.1) is 11.8 Å². The lowest BCUT2D eigenvalue weighted by molar-refractivity contribution is -0.122. The molecule has 0 aliphatic carbocycles. The number of carbonyl (C=O) groups is 1. The summed E-state index contributed by atoms with van der Waals surface area (Å²) in [7, 11) is 0. The van der Waals surface area contributed by atoms with Crippen LogP contribution in [0.15, 0.2) is 16.8 Å². The van der Waals surface area contributed by atoms with Crippen molar-refractivity contribution in [3.05, 3.63) is 22.4 Å². The summed E-state index contributed by atoms with van der Waals surface area (Å²) >= 11 is 1.65. The Morgan fingerprint density at radius 3 is 2.62 bits per heavy atom. The third-order valence-electron chi connectivity index (χ3n) is 2.47. The van der Waals surface area contributed by atoms with Crippen LogP contribution in [0.25, 0.3) is 0 Å². The van der Waals surface area contributed by atoms with Gasteiger partial charge in [-0.3, -0.25) is 4.79 Å². The Hall–Kier alpha value is -0.630. The van der Waals surface area contributed by atoms with Gasteiger partial charge in [-0.15, -0.1) is 0 Å². The van der Waals surface area contributed by atoms with Crippen LogP contribution in [0.2, 0.25) is 0 Å². The minimum absolute atomic E-state index is 0.180. The molecule has 0 amide bonds. The molecule has 0 bridgehead atoms. The molecule has 1 atom stereocenters. The van der Waals surface area contributed by atoms with Crippen molar-refractivity contribution in [3.63, 3.8) is 0 Å². The highest BCUT2D eigenvalue weighted by Gasteiger charge is 2.16. The minimum Gasteiger partial charge on any atom is -0.299 e. The van der Waals surface area contributed by atoms with E-state index >= 15 is 0 Å². The van der Waals surface area contributed by atoms with E-state index in [0.29, 0.717) is 18.1 Å². The van der Waals surface area contributed by atoms with Gasteiger partial charge in [0.1, 0.15) is 5.78 Å². The minimum atomic E-state index is 0.180. The highest BCUT2D eigenvalue weighted by Crippen LogP contribution is 2.15. The third-order valence-corrected chi connectivity index (χ3v) is 3.20. The van der Waals surface area contributed by atoms with Crippen LogP contribution in [0.1, 0.15) is 26.3 Å². The van der Waals surface area contributed by atoms with E-state index in [1.54, 1.807) is 11.3 Å². The first kappa shape index (κ1) is 10.5. The highest BCUT2D eigenvalue weighted by atomic mass is 32.1. The van der Waals surface area contributed by atoms with Crippen molar-refractivity contribution in [2.24, 2.45) is 11.8 Å². The topological polar surface area (TPSA) is 17.1 Å². The quantitative estimate of drug-likeness (QED) is 0.723. The molecule has 1 aromatic heterocycles. The molecule has 1 nitrogen and oxygen atoms in total. The molecular formula is C11H16OS. The summed E-state index contributed by atoms with van der Waals surface area (Å²) in [5.41, 5.74) is 1.16. The second kappa shape index (κ2) is 4.56. The van der Waals surface area contributed by atoms with Crippen molar-refractivity contribution in [3.8, 4) is 0 Å². The molecule has 2 heteroatoms. The van der Waals surface area contributed by atoms with Crippen molar-refractivity contribution in [1.29, 1.82) is 0 Å². The molecule has 0 aromatic carbocycles. The molecule has 1 heterocycles. The molecular weight excluding hydrogens is 180 g/mol. The van der Waals surface area contributed by atoms with Gasteiger partial charge in [0.05, 0.1) is 0 Å². The van der Waals surface area contributed by atoms with Gasteiger partial charge in [0.2, 0.25) is 0 Å². The van der Waals surface area contributed by atoms with E-state index in [2.05, 4.69) is 13.8 Å². The van der Waals surface area contributed by atoms with Gasteiger partial charge in [0, 0.05) is 12.3 Å². The standard InChI is InChI=1S/C11H16OS/c1-8(2)9(3)11(12)6-10-4-5-13-7-10/h4-5,7-9H,6H2,1-3H3. The lowest BCUT2D eigenvalue weighted by Crippen LogP contribution is -2.18. The fourth-order valence-corrected chi connectivity index (χ4v) is 1.80. The maximum atomic E-state index is 11.7. The monoisotopic (exact) mass is 196 g/mol. The van der Waals surface area contributed by atoms with E-state index < -0.39 is 0 Å². The Balaban J connectivity index is 2.51. The number of ketones is 1. The largest absolute Gasteiger partial charge is 0.299 e. The van der Waals surface area contributed by atoms with Gasteiger partial charge in [0.15, 0.2) is 0 Å². The molecule has 0 saturated carbocycles. The summed E-state index contributed by atoms with van der Waals surface area (Å²) in [6.07, 6.45) is 0.600. The SMILES string of the molecule is CC(C)C(C)C(=O)Cc1ccsc1. The highest BCUT2D eigenvalue weighted by molar-refractivity contribution is 7.07. The zero-order valence-electron chi connectivity index (χ0n) is 8.41. The van der Waals surface area contributed by atoms with Crippen LogP contribution < -0.4 is 0 Å². The first-order chi connectivity index (χ1) is 6.11. The predicted molar refractivity (Wildman–Crippen MR) is 57.0 cm³/mol. The Labute approximate surface area is 83.8 Å². The second-order valence-electron chi connectivity index (χ2n) is 3.81. The lowest BCUT2D eigenvalue weighted by atomic mass is 9.91. The summed E-state index contributed by atoms with van der Waals surface area (Å²) in [5, 5.41) is 4.06. The van der Waals surface area contributed by atoms with Gasteiger partial charge in [-0.1, -0.05) is 20.8 Å². The van der Waals surface area contributed by atoms with E-state index in [-0.39, 0.29) is 5.92 Å². The molecule has 0 aliphatic rings. The Morgan fingerprint density at radius 2 is 2.15 bits per heavy atom. The van der Waals surface area contributed by atoms with Crippen molar-refractivity contribution >= 4 is 17.1 Å². The Kier molecular flexibility index (Phi) is 3.67. The van der Waals surface area contributed by atoms with Crippen LogP contribution >= 0.6 is 11.3 Å². The van der Waals surface area contributed by atoms with E-state index in [1.165, 1.54) is 0 Å². The van der Waals surface area contributed by atoms with Gasteiger partial charge < -0.3 is 0 Å². The summed E-state index contributed by atoms with van der Waals surface area (Å²) in [5.74, 6) is 0.986. The number of rotatable bonds is 4. The summed E-state index contributed by atoms with van der Waals surface area (Å²) in [4.78, 5) is 11.7. The number of Topliss-reactive ketones (excluding diaryl/α,β-unsaturated/α-hetero) is 1. The number of thiophene rings is 1. The molecule has 0 saturated heterocycles. The summed E-state index contributed by atoms with van der Waals surface area (Å²) in [6.45, 7) is 6.20. The molecule has 1 unspecified atom stereocenters. The molecule has 0 fully saturated rings. The van der Waals surface area contributed by atoms with Gasteiger partial charge >= 0.3 is 0 Å². The number of hydrogen-bond donors (Lipinski definition) is 0. The van der Waals surface area contributed by atoms with E-state index in [0.717, 1.165) is 5.56 Å². The molecule has 0 aliphatic heterocycles. The second-order valence-corrected chi connectivity index (χ2v) is 4.59. The van der Waals surface area contributed by atoms with Crippen LogP contribution in [-0.4, -0.2) is 5.78 Å². The summed E-state index contributed by atoms with van der Waals surface area (Å²) < 4.78 is 0. The van der Waals surface area contributed by atoms with Gasteiger partial charge in [-0.05, 0) is 28.3 Å². The average molecular weight is 196 g/mol. The Bertz CT molecular complexity index is 262. The molecule has 0 radical (unpaired) electrons. The maximum absolute atomic E-state index is 11.7. The number of hydrogen-bond acceptors (Lipinski definition) is 2. The molecule has 0 spiro atoms. The predicted octanol–water partition coefficient (Wildman–Crippen LogP) is 3.15. The maximum Gasteiger partial charge on any atom is 0.140 e. The van der Waals surface area contributed by atoms with Crippen molar-refractivity contribution in [2.45, 2.75) is 27.2 Å². The molecule has 1 rings (SSSR count). The Morgan fingerprint density at radius 1 is 1.46 bits per heavy atom. The van der Waals surface area contributed by atoms with Gasteiger partial charge in [0.25, 0.3) is 0 Å².